The molecular weight excluding hydrogens is 332 g/mol. The van der Waals surface area contributed by atoms with Crippen LogP contribution in [0.1, 0.15) is 29.6 Å². The van der Waals surface area contributed by atoms with Gasteiger partial charge in [-0.15, -0.1) is 0 Å². The van der Waals surface area contributed by atoms with E-state index in [-0.39, 0.29) is 25.4 Å². The maximum atomic E-state index is 12.2. The van der Waals surface area contributed by atoms with E-state index < -0.39 is 15.8 Å². The van der Waals surface area contributed by atoms with Gasteiger partial charge in [-0.1, -0.05) is 0 Å². The number of hydrogen-bond acceptors (Lipinski definition) is 5. The van der Waals surface area contributed by atoms with Crippen LogP contribution in [0.25, 0.3) is 0 Å². The van der Waals surface area contributed by atoms with Crippen LogP contribution in [0.15, 0.2) is 24.5 Å². The number of nitrogens with one attached hydrogen (secondary N) is 1. The molecule has 1 aliphatic rings. The van der Waals surface area contributed by atoms with Crippen LogP contribution in [-0.2, 0) is 10.2 Å². The Morgan fingerprint density at radius 1 is 1.33 bits per heavy atom. The highest BCUT2D eigenvalue weighted by Crippen LogP contribution is 2.23. The van der Waals surface area contributed by atoms with Crippen molar-refractivity contribution in [2.45, 2.75) is 24.9 Å². The van der Waals surface area contributed by atoms with Gasteiger partial charge < -0.3 is 10.4 Å². The molecule has 2 N–H and O–H groups in total. The van der Waals surface area contributed by atoms with Crippen LogP contribution in [0.2, 0.25) is 0 Å². The first kappa shape index (κ1) is 18.8. The molecule has 24 heavy (non-hydrogen) atoms. The molecule has 0 bridgehead atoms. The summed E-state index contributed by atoms with van der Waals surface area (Å²) in [4.78, 5) is 15.9. The molecule has 0 aliphatic carbocycles. The molecule has 0 spiro atoms. The summed E-state index contributed by atoms with van der Waals surface area (Å²) < 4.78 is 26.9. The SMILES string of the molecule is CN(C)S(=O)(=O)N1CCC[C@@](O)(CNC(=O)c2ccncc2)CC1. The van der Waals surface area contributed by atoms with Crippen molar-refractivity contribution in [2.75, 3.05) is 33.7 Å². The molecule has 0 aromatic carbocycles. The topological polar surface area (TPSA) is 103 Å². The minimum Gasteiger partial charge on any atom is -0.388 e. The summed E-state index contributed by atoms with van der Waals surface area (Å²) in [6.45, 7) is 0.674. The molecular formula is C15H24N4O4S. The van der Waals surface area contributed by atoms with Crippen molar-refractivity contribution >= 4 is 16.1 Å². The van der Waals surface area contributed by atoms with Crippen molar-refractivity contribution in [1.82, 2.24) is 18.9 Å². The molecule has 1 fully saturated rings. The number of aliphatic hydroxyl groups is 1. The van der Waals surface area contributed by atoms with Crippen molar-refractivity contribution in [3.63, 3.8) is 0 Å². The third kappa shape index (κ3) is 4.50. The predicted octanol–water partition coefficient (Wildman–Crippen LogP) is -0.165. The van der Waals surface area contributed by atoms with Crippen molar-refractivity contribution < 1.29 is 18.3 Å². The van der Waals surface area contributed by atoms with Gasteiger partial charge >= 0.3 is 0 Å². The van der Waals surface area contributed by atoms with Gasteiger partial charge in [-0.25, -0.2) is 0 Å². The van der Waals surface area contributed by atoms with Gasteiger partial charge in [-0.05, 0) is 31.4 Å². The second-order valence-electron chi connectivity index (χ2n) is 6.19. The van der Waals surface area contributed by atoms with Crippen LogP contribution in [0, 0.1) is 0 Å². The van der Waals surface area contributed by atoms with Crippen LogP contribution >= 0.6 is 0 Å². The molecule has 8 nitrogen and oxygen atoms in total. The van der Waals surface area contributed by atoms with Crippen molar-refractivity contribution in [1.29, 1.82) is 0 Å². The molecule has 1 saturated heterocycles. The number of aromatic nitrogens is 1. The normalized spacial score (nSPS) is 23.0. The number of carbonyl (C=O) groups is 1. The van der Waals surface area contributed by atoms with Crippen LogP contribution in [-0.4, -0.2) is 72.4 Å². The second kappa shape index (κ2) is 7.56. The number of nitrogens with zero attached hydrogens (tertiary/aromatic N) is 3. The summed E-state index contributed by atoms with van der Waals surface area (Å²) in [5.41, 5.74) is -0.641. The van der Waals surface area contributed by atoms with Crippen molar-refractivity contribution in [3.05, 3.63) is 30.1 Å². The van der Waals surface area contributed by atoms with Crippen molar-refractivity contribution in [2.24, 2.45) is 0 Å². The van der Waals surface area contributed by atoms with Gasteiger partial charge in [0, 0.05) is 51.7 Å². The smallest absolute Gasteiger partial charge is 0.281 e. The van der Waals surface area contributed by atoms with E-state index in [1.165, 1.54) is 35.1 Å². The molecule has 9 heteroatoms. The highest BCUT2D eigenvalue weighted by atomic mass is 32.2. The molecule has 2 rings (SSSR count). The number of pyridine rings is 1. The molecule has 1 amide bonds. The van der Waals surface area contributed by atoms with Crippen molar-refractivity contribution in [3.8, 4) is 0 Å². The zero-order valence-corrected chi connectivity index (χ0v) is 14.8. The van der Waals surface area contributed by atoms with E-state index in [4.69, 9.17) is 0 Å². The van der Waals surface area contributed by atoms with Gasteiger partial charge in [0.15, 0.2) is 0 Å². The lowest BCUT2D eigenvalue weighted by Crippen LogP contribution is -2.45. The van der Waals surface area contributed by atoms with E-state index in [0.717, 1.165) is 0 Å². The second-order valence-corrected chi connectivity index (χ2v) is 8.33. The monoisotopic (exact) mass is 356 g/mol. The van der Waals surface area contributed by atoms with Crippen LogP contribution in [0.4, 0.5) is 0 Å². The summed E-state index contributed by atoms with van der Waals surface area (Å²) in [5, 5.41) is 13.4. The fourth-order valence-corrected chi connectivity index (χ4v) is 3.79. The molecule has 1 aromatic rings. The molecule has 0 unspecified atom stereocenters. The lowest BCUT2D eigenvalue weighted by Gasteiger charge is -2.27. The van der Waals surface area contributed by atoms with Gasteiger partial charge in [-0.2, -0.15) is 17.0 Å². The first-order valence-electron chi connectivity index (χ1n) is 7.83. The van der Waals surface area contributed by atoms with Crippen LogP contribution in [0.3, 0.4) is 0 Å². The van der Waals surface area contributed by atoms with E-state index in [9.17, 15) is 18.3 Å². The fourth-order valence-electron chi connectivity index (χ4n) is 2.64. The Morgan fingerprint density at radius 3 is 2.62 bits per heavy atom. The zero-order valence-electron chi connectivity index (χ0n) is 14.0. The lowest BCUT2D eigenvalue weighted by atomic mass is 9.95. The number of carbonyl (C=O) groups excluding carboxylic acids is 1. The molecule has 0 radical (unpaired) electrons. The van der Waals surface area contributed by atoms with E-state index >= 15 is 0 Å². The summed E-state index contributed by atoms with van der Waals surface area (Å²) >= 11 is 0. The van der Waals surface area contributed by atoms with Gasteiger partial charge in [0.25, 0.3) is 16.1 Å². The van der Waals surface area contributed by atoms with Gasteiger partial charge in [-0.3, -0.25) is 9.78 Å². The largest absolute Gasteiger partial charge is 0.388 e. The van der Waals surface area contributed by atoms with Crippen LogP contribution in [0.5, 0.6) is 0 Å². The Bertz CT molecular complexity index is 665. The summed E-state index contributed by atoms with van der Waals surface area (Å²) in [7, 11) is -0.512. The van der Waals surface area contributed by atoms with E-state index in [0.29, 0.717) is 24.9 Å². The minimum atomic E-state index is -3.49. The zero-order chi connectivity index (χ0) is 17.8. The standard InChI is InChI=1S/C15H24N4O4S/c1-18(2)24(22,23)19-10-3-6-15(21,7-11-19)12-17-14(20)13-4-8-16-9-5-13/h4-5,8-9,21H,3,6-7,10-12H2,1-2H3,(H,17,20)/t15-/m0/s1. The number of amides is 1. The summed E-state index contributed by atoms with van der Waals surface area (Å²) in [5.74, 6) is -0.284. The lowest BCUT2D eigenvalue weighted by molar-refractivity contribution is 0.0264. The summed E-state index contributed by atoms with van der Waals surface area (Å²) in [6.07, 6.45) is 4.30. The van der Waals surface area contributed by atoms with Crippen LogP contribution < -0.4 is 5.32 Å². The van der Waals surface area contributed by atoms with E-state index in [2.05, 4.69) is 10.3 Å². The number of hydrogen-bond donors (Lipinski definition) is 2. The van der Waals surface area contributed by atoms with Gasteiger partial charge in [0.2, 0.25) is 0 Å². The Labute approximate surface area is 142 Å². The Balaban J connectivity index is 1.95. The molecule has 2 heterocycles. The Kier molecular flexibility index (Phi) is 5.92. The average molecular weight is 356 g/mol. The van der Waals surface area contributed by atoms with E-state index in [1.807, 2.05) is 0 Å². The maximum absolute atomic E-state index is 12.2. The molecule has 134 valence electrons. The van der Waals surface area contributed by atoms with E-state index in [1.54, 1.807) is 12.1 Å². The minimum absolute atomic E-state index is 0.0873. The molecule has 1 atom stereocenters. The molecule has 1 aromatic heterocycles. The quantitative estimate of drug-likeness (QED) is 0.763. The first-order valence-corrected chi connectivity index (χ1v) is 9.22. The third-order valence-corrected chi connectivity index (χ3v) is 6.13. The fraction of sp³-hybridized carbons (Fsp3) is 0.600. The average Bonchev–Trinajstić information content (AvgIpc) is 2.76. The third-order valence-electron chi connectivity index (χ3n) is 4.18. The summed E-state index contributed by atoms with van der Waals surface area (Å²) in [6, 6.07) is 3.19. The maximum Gasteiger partial charge on any atom is 0.281 e. The highest BCUT2D eigenvalue weighted by molar-refractivity contribution is 7.86. The predicted molar refractivity (Wildman–Crippen MR) is 89.6 cm³/mol. The van der Waals surface area contributed by atoms with Gasteiger partial charge in [0.05, 0.1) is 5.60 Å². The first-order chi connectivity index (χ1) is 11.2. The Hall–Kier alpha value is -1.55. The number of rotatable bonds is 5. The highest BCUT2D eigenvalue weighted by Gasteiger charge is 2.34. The molecule has 0 saturated carbocycles. The molecule has 1 aliphatic heterocycles. The van der Waals surface area contributed by atoms with Gasteiger partial charge in [0.1, 0.15) is 0 Å². The Morgan fingerprint density at radius 2 is 2.00 bits per heavy atom.